The second kappa shape index (κ2) is 5.60. The van der Waals surface area contributed by atoms with Crippen molar-refractivity contribution in [1.82, 2.24) is 0 Å². The van der Waals surface area contributed by atoms with E-state index in [9.17, 15) is 9.59 Å². The number of hydrogen-bond donors (Lipinski definition) is 1. The lowest BCUT2D eigenvalue weighted by Crippen LogP contribution is -2.29. The zero-order valence-corrected chi connectivity index (χ0v) is 10.1. The van der Waals surface area contributed by atoms with E-state index in [0.717, 1.165) is 19.3 Å². The number of hydrogen-bond acceptors (Lipinski definition) is 3. The van der Waals surface area contributed by atoms with E-state index in [0.29, 0.717) is 12.2 Å². The maximum atomic E-state index is 11.5. The first kappa shape index (κ1) is 12.5. The third-order valence-electron chi connectivity index (χ3n) is 2.92. The number of benzene rings is 1. The van der Waals surface area contributed by atoms with E-state index >= 15 is 0 Å². The summed E-state index contributed by atoms with van der Waals surface area (Å²) in [4.78, 5) is 24.1. The topological polar surface area (TPSA) is 63.4 Å². The summed E-state index contributed by atoms with van der Waals surface area (Å²) in [7, 11) is 0. The van der Waals surface area contributed by atoms with Crippen LogP contribution < -0.4 is 10.6 Å². The van der Waals surface area contributed by atoms with Crippen LogP contribution in [0, 0.1) is 0 Å². The van der Waals surface area contributed by atoms with Gasteiger partial charge >= 0.3 is 0 Å². The van der Waals surface area contributed by atoms with Crippen LogP contribution in [0.4, 0.5) is 5.69 Å². The van der Waals surface area contributed by atoms with Crippen LogP contribution in [0.25, 0.3) is 0 Å². The van der Waals surface area contributed by atoms with Gasteiger partial charge in [0.2, 0.25) is 0 Å². The number of nitrogens with zero attached hydrogens (tertiary/aromatic N) is 1. The first-order chi connectivity index (χ1) is 8.72. The molecule has 1 aliphatic rings. The molecule has 1 aromatic rings. The molecule has 2 rings (SSSR count). The molecule has 94 valence electrons. The maximum Gasteiger partial charge on any atom is 0.258 e. The van der Waals surface area contributed by atoms with Gasteiger partial charge in [0.15, 0.2) is 0 Å². The fourth-order valence-corrected chi connectivity index (χ4v) is 1.94. The molecule has 0 saturated heterocycles. The molecule has 2 N–H and O–H groups in total. The molecule has 0 unspecified atom stereocenters. The van der Waals surface area contributed by atoms with E-state index in [-0.39, 0.29) is 11.8 Å². The molecule has 1 aliphatic heterocycles. The Hall–Kier alpha value is -1.94. The predicted molar refractivity (Wildman–Crippen MR) is 70.1 cm³/mol. The molecule has 4 heteroatoms. The summed E-state index contributed by atoms with van der Waals surface area (Å²) < 4.78 is 0. The number of anilines is 1. The van der Waals surface area contributed by atoms with Crippen LogP contribution >= 0.6 is 0 Å². The molecule has 0 radical (unpaired) electrons. The molecule has 0 aliphatic carbocycles. The van der Waals surface area contributed by atoms with E-state index in [1.54, 1.807) is 12.1 Å². The molecule has 0 spiro atoms. The SMILES string of the molecule is NCCCCc1ccc(N2C(=O)C=CC2=O)cc1. The first-order valence-corrected chi connectivity index (χ1v) is 6.07. The van der Waals surface area contributed by atoms with Gasteiger partial charge in [-0.2, -0.15) is 0 Å². The minimum atomic E-state index is -0.282. The standard InChI is InChI=1S/C14H16N2O2/c15-10-2-1-3-11-4-6-12(7-5-11)16-13(17)8-9-14(16)18/h4-9H,1-3,10,15H2. The molecule has 1 heterocycles. The number of imide groups is 1. The fraction of sp³-hybridized carbons (Fsp3) is 0.286. The third-order valence-corrected chi connectivity index (χ3v) is 2.92. The molecule has 1 aromatic carbocycles. The van der Waals surface area contributed by atoms with Crippen LogP contribution in [0.3, 0.4) is 0 Å². The fourth-order valence-electron chi connectivity index (χ4n) is 1.94. The molecule has 0 bridgehead atoms. The molecule has 0 atom stereocenters. The van der Waals surface area contributed by atoms with E-state index in [1.165, 1.54) is 22.6 Å². The highest BCUT2D eigenvalue weighted by Gasteiger charge is 2.24. The lowest BCUT2D eigenvalue weighted by Gasteiger charge is -2.14. The highest BCUT2D eigenvalue weighted by atomic mass is 16.2. The lowest BCUT2D eigenvalue weighted by atomic mass is 10.1. The highest BCUT2D eigenvalue weighted by Crippen LogP contribution is 2.20. The van der Waals surface area contributed by atoms with Crippen LogP contribution in [-0.4, -0.2) is 18.4 Å². The normalized spacial score (nSPS) is 14.6. The summed E-state index contributed by atoms with van der Waals surface area (Å²) in [5.41, 5.74) is 7.26. The van der Waals surface area contributed by atoms with Gasteiger partial charge in [-0.05, 0) is 43.5 Å². The third kappa shape index (κ3) is 2.65. The average molecular weight is 244 g/mol. The van der Waals surface area contributed by atoms with Crippen molar-refractivity contribution in [2.75, 3.05) is 11.4 Å². The zero-order valence-electron chi connectivity index (χ0n) is 10.1. The number of unbranched alkanes of at least 4 members (excludes halogenated alkanes) is 1. The van der Waals surface area contributed by atoms with Gasteiger partial charge in [-0.3, -0.25) is 9.59 Å². The molecule has 18 heavy (non-hydrogen) atoms. The Morgan fingerprint density at radius 2 is 1.56 bits per heavy atom. The Balaban J connectivity index is 2.04. The van der Waals surface area contributed by atoms with Crippen LogP contribution in [0.1, 0.15) is 18.4 Å². The Kier molecular flexibility index (Phi) is 3.89. The molecule has 2 amide bonds. The number of carbonyl (C=O) groups is 2. The largest absolute Gasteiger partial charge is 0.330 e. The maximum absolute atomic E-state index is 11.5. The van der Waals surface area contributed by atoms with Crippen LogP contribution in [0.5, 0.6) is 0 Å². The Morgan fingerprint density at radius 1 is 0.944 bits per heavy atom. The van der Waals surface area contributed by atoms with E-state index in [4.69, 9.17) is 5.73 Å². The molecular weight excluding hydrogens is 228 g/mol. The van der Waals surface area contributed by atoms with Crippen LogP contribution in [0.2, 0.25) is 0 Å². The number of rotatable bonds is 5. The predicted octanol–water partition coefficient (Wildman–Crippen LogP) is 1.40. The number of amides is 2. The lowest BCUT2D eigenvalue weighted by molar-refractivity contribution is -0.119. The van der Waals surface area contributed by atoms with Gasteiger partial charge in [-0.1, -0.05) is 12.1 Å². The summed E-state index contributed by atoms with van der Waals surface area (Å²) in [6, 6.07) is 7.51. The summed E-state index contributed by atoms with van der Waals surface area (Å²) in [6.07, 6.45) is 5.61. The van der Waals surface area contributed by atoms with Crippen molar-refractivity contribution in [3.05, 3.63) is 42.0 Å². The number of nitrogens with two attached hydrogens (primary N) is 1. The van der Waals surface area contributed by atoms with E-state index < -0.39 is 0 Å². The van der Waals surface area contributed by atoms with E-state index in [2.05, 4.69) is 0 Å². The minimum absolute atomic E-state index is 0.282. The van der Waals surface area contributed by atoms with Crippen molar-refractivity contribution in [2.24, 2.45) is 5.73 Å². The van der Waals surface area contributed by atoms with Gasteiger partial charge < -0.3 is 5.73 Å². The number of carbonyl (C=O) groups excluding carboxylic acids is 2. The average Bonchev–Trinajstić information content (AvgIpc) is 2.71. The quantitative estimate of drug-likeness (QED) is 0.629. The van der Waals surface area contributed by atoms with Gasteiger partial charge in [0, 0.05) is 12.2 Å². The summed E-state index contributed by atoms with van der Waals surface area (Å²) in [6.45, 7) is 0.709. The zero-order chi connectivity index (χ0) is 13.0. The summed E-state index contributed by atoms with van der Waals surface area (Å²) in [5.74, 6) is -0.563. The molecule has 0 fully saturated rings. The first-order valence-electron chi connectivity index (χ1n) is 6.07. The van der Waals surface area contributed by atoms with Crippen molar-refractivity contribution in [1.29, 1.82) is 0 Å². The molecule has 0 saturated carbocycles. The summed E-state index contributed by atoms with van der Waals surface area (Å²) in [5, 5.41) is 0. The van der Waals surface area contributed by atoms with Crippen LogP contribution in [-0.2, 0) is 16.0 Å². The highest BCUT2D eigenvalue weighted by molar-refractivity contribution is 6.28. The van der Waals surface area contributed by atoms with Gasteiger partial charge in [-0.25, -0.2) is 4.90 Å². The molecular formula is C14H16N2O2. The van der Waals surface area contributed by atoms with Crippen molar-refractivity contribution >= 4 is 17.5 Å². The number of aryl methyl sites for hydroxylation is 1. The summed E-state index contributed by atoms with van der Waals surface area (Å²) >= 11 is 0. The minimum Gasteiger partial charge on any atom is -0.330 e. The van der Waals surface area contributed by atoms with Crippen molar-refractivity contribution < 1.29 is 9.59 Å². The second-order valence-corrected chi connectivity index (χ2v) is 4.26. The van der Waals surface area contributed by atoms with Crippen molar-refractivity contribution in [3.8, 4) is 0 Å². The van der Waals surface area contributed by atoms with Crippen molar-refractivity contribution in [2.45, 2.75) is 19.3 Å². The second-order valence-electron chi connectivity index (χ2n) is 4.26. The smallest absolute Gasteiger partial charge is 0.258 e. The van der Waals surface area contributed by atoms with Gasteiger partial charge in [0.05, 0.1) is 5.69 Å². The Labute approximate surface area is 106 Å². The van der Waals surface area contributed by atoms with Crippen molar-refractivity contribution in [3.63, 3.8) is 0 Å². The molecule has 0 aromatic heterocycles. The van der Waals surface area contributed by atoms with Gasteiger partial charge in [-0.15, -0.1) is 0 Å². The van der Waals surface area contributed by atoms with Crippen LogP contribution in [0.15, 0.2) is 36.4 Å². The van der Waals surface area contributed by atoms with E-state index in [1.807, 2.05) is 12.1 Å². The monoisotopic (exact) mass is 244 g/mol. The van der Waals surface area contributed by atoms with Gasteiger partial charge in [0.1, 0.15) is 0 Å². The Bertz CT molecular complexity index is 459. The molecule has 4 nitrogen and oxygen atoms in total. The Morgan fingerprint density at radius 3 is 2.11 bits per heavy atom. The van der Waals surface area contributed by atoms with Gasteiger partial charge in [0.25, 0.3) is 11.8 Å².